The number of hydrogen-bond donors (Lipinski definition) is 1. The van der Waals surface area contributed by atoms with Crippen LogP contribution in [0.4, 0.5) is 0 Å². The van der Waals surface area contributed by atoms with Gasteiger partial charge in [0.2, 0.25) is 0 Å². The second-order valence-corrected chi connectivity index (χ2v) is 1.86. The molecule has 1 N–H and O–H groups in total. The fraction of sp³-hybridized carbons (Fsp3) is 1.00. The molecule has 0 radical (unpaired) electrons. The quantitative estimate of drug-likeness (QED) is 0.498. The summed E-state index contributed by atoms with van der Waals surface area (Å²) in [5.41, 5.74) is 0. The van der Waals surface area contributed by atoms with Crippen LogP contribution in [0.15, 0.2) is 0 Å². The lowest BCUT2D eigenvalue weighted by molar-refractivity contribution is 0.0560. The summed E-state index contributed by atoms with van der Waals surface area (Å²) >= 11 is 0. The van der Waals surface area contributed by atoms with E-state index in [4.69, 9.17) is 10.2 Å². The van der Waals surface area contributed by atoms with Gasteiger partial charge in [-0.15, -0.1) is 0 Å². The molecule has 4 atom stereocenters. The van der Waals surface area contributed by atoms with Gasteiger partial charge in [0.25, 0.3) is 0 Å². The topological polar surface area (TPSA) is 21.3 Å². The van der Waals surface area contributed by atoms with Gasteiger partial charge in [-0.05, 0) is 13.8 Å². The average Bonchev–Trinajstić information content (AvgIpc) is 1.82. The number of rotatable bonds is 0. The van der Waals surface area contributed by atoms with Crippen LogP contribution in [0.1, 0.15) is 19.3 Å². The predicted molar refractivity (Wildman–Crippen MR) is 32.9 cm³/mol. The van der Waals surface area contributed by atoms with E-state index in [1.54, 1.807) is 0 Å². The van der Waals surface area contributed by atoms with Crippen LogP contribution in [0.3, 0.4) is 0 Å². The fourth-order valence-corrected chi connectivity index (χ4v) is 0.608. The van der Waals surface area contributed by atoms with Gasteiger partial charge in [0.15, 0.2) is 0 Å². The molecule has 0 aliphatic carbocycles. The van der Waals surface area contributed by atoms with E-state index < -0.39 is 25.2 Å². The molecule has 1 saturated heterocycles. The number of ether oxygens (including phenoxy) is 1. The van der Waals surface area contributed by atoms with Crippen molar-refractivity contribution in [1.29, 1.82) is 0 Å². The van der Waals surface area contributed by atoms with Crippen LogP contribution in [0.25, 0.3) is 0 Å². The van der Waals surface area contributed by atoms with Crippen LogP contribution >= 0.6 is 0 Å². The molecule has 4 unspecified atom stereocenters. The van der Waals surface area contributed by atoms with Crippen molar-refractivity contribution in [3.8, 4) is 0 Å². The van der Waals surface area contributed by atoms with Crippen molar-refractivity contribution >= 4 is 0 Å². The summed E-state index contributed by atoms with van der Waals surface area (Å²) in [6, 6.07) is -2.62. The molecule has 1 fully saturated rings. The summed E-state index contributed by atoms with van der Waals surface area (Å²) in [6.07, 6.45) is 0. The second-order valence-electron chi connectivity index (χ2n) is 1.86. The minimum atomic E-state index is -1.31. The number of morpholine rings is 1. The Kier molecular flexibility index (Phi) is 0.822. The first-order chi connectivity index (χ1) is 5.26. The largest absolute Gasteiger partial charge is 0.378 e. The van der Waals surface area contributed by atoms with Gasteiger partial charge in [0, 0.05) is 14.8 Å². The van der Waals surface area contributed by atoms with E-state index in [2.05, 4.69) is 5.32 Å². The van der Waals surface area contributed by atoms with Crippen LogP contribution < -0.4 is 5.32 Å². The highest BCUT2D eigenvalue weighted by atomic mass is 16.5. The van der Waals surface area contributed by atoms with Crippen molar-refractivity contribution in [3.05, 3.63) is 0 Å². The molecule has 48 valence electrons. The van der Waals surface area contributed by atoms with Crippen molar-refractivity contribution in [2.24, 2.45) is 0 Å². The number of nitrogens with one attached hydrogen (secondary N) is 1. The van der Waals surface area contributed by atoms with Crippen LogP contribution in [0, 0.1) is 0 Å². The van der Waals surface area contributed by atoms with E-state index in [0.717, 1.165) is 0 Å². The maximum Gasteiger partial charge on any atom is 0.0617 e. The molecule has 2 heteroatoms. The Morgan fingerprint density at radius 2 is 2.12 bits per heavy atom. The van der Waals surface area contributed by atoms with Crippen LogP contribution in [0.5, 0.6) is 0 Å². The van der Waals surface area contributed by atoms with Gasteiger partial charge in [0.1, 0.15) is 0 Å². The monoisotopic (exact) mass is 119 g/mol. The zero-order valence-electron chi connectivity index (χ0n) is 9.06. The third-order valence-corrected chi connectivity index (χ3v) is 0.884. The molecule has 1 heterocycles. The van der Waals surface area contributed by atoms with Gasteiger partial charge in [-0.2, -0.15) is 0 Å². The summed E-state index contributed by atoms with van der Waals surface area (Å²) in [7, 11) is 0. The smallest absolute Gasteiger partial charge is 0.0617 e. The lowest BCUT2D eigenvalue weighted by Gasteiger charge is -2.25. The van der Waals surface area contributed by atoms with E-state index >= 15 is 0 Å². The summed E-state index contributed by atoms with van der Waals surface area (Å²) < 4.78 is 34.5. The van der Waals surface area contributed by atoms with Crippen molar-refractivity contribution in [2.75, 3.05) is 13.2 Å². The first kappa shape index (κ1) is 2.67. The Balaban J connectivity index is 2.78. The standard InChI is InChI=1S/C6H13NO/c1-5-3-8-4-6(2)7-5/h5-7H,3-4H2,1-2H3/i3D,4D,5D,6D. The normalized spacial score (nSPS) is 83.8. The SMILES string of the molecule is [2H]C1OC([2H])C([2H])(C)NC1([2H])C. The Bertz CT molecular complexity index is 166. The maximum atomic E-state index is 7.55. The highest BCUT2D eigenvalue weighted by Gasteiger charge is 2.12. The van der Waals surface area contributed by atoms with Crippen molar-refractivity contribution < 1.29 is 10.2 Å². The molecule has 0 amide bonds. The van der Waals surface area contributed by atoms with E-state index in [-0.39, 0.29) is 0 Å². The fourth-order valence-electron chi connectivity index (χ4n) is 0.608. The summed E-state index contributed by atoms with van der Waals surface area (Å²) in [5.74, 6) is 0. The third kappa shape index (κ3) is 1.46. The van der Waals surface area contributed by atoms with Crippen molar-refractivity contribution in [3.63, 3.8) is 0 Å². The lowest BCUT2D eigenvalue weighted by Crippen LogP contribution is -2.45. The van der Waals surface area contributed by atoms with Gasteiger partial charge in [-0.25, -0.2) is 0 Å². The van der Waals surface area contributed by atoms with Crippen LogP contribution in [0.2, 0.25) is 0 Å². The number of hydrogen-bond acceptors (Lipinski definition) is 2. The van der Waals surface area contributed by atoms with Crippen LogP contribution in [-0.4, -0.2) is 25.2 Å². The first-order valence-electron chi connectivity index (χ1n) is 4.70. The molecule has 1 aliphatic heterocycles. The zero-order chi connectivity index (χ0) is 9.57. The van der Waals surface area contributed by atoms with E-state index in [0.29, 0.717) is 0 Å². The minimum absolute atomic E-state index is 1.11. The molecule has 0 saturated carbocycles. The van der Waals surface area contributed by atoms with Gasteiger partial charge >= 0.3 is 0 Å². The highest BCUT2D eigenvalue weighted by Crippen LogP contribution is 1.96. The van der Waals surface area contributed by atoms with Gasteiger partial charge in [-0.3, -0.25) is 0 Å². The van der Waals surface area contributed by atoms with Gasteiger partial charge in [-0.1, -0.05) is 0 Å². The summed E-state index contributed by atoms with van der Waals surface area (Å²) in [5, 5.41) is 2.56. The van der Waals surface area contributed by atoms with Gasteiger partial charge < -0.3 is 10.1 Å². The molecule has 0 aromatic rings. The van der Waals surface area contributed by atoms with E-state index in [9.17, 15) is 0 Å². The summed E-state index contributed by atoms with van der Waals surface area (Å²) in [4.78, 5) is 0. The predicted octanol–water partition coefficient (Wildman–Crippen LogP) is 0.383. The first-order valence-corrected chi connectivity index (χ1v) is 2.55. The second kappa shape index (κ2) is 2.46. The molecular formula is C6H13NO. The molecule has 1 rings (SSSR count). The Labute approximate surface area is 55.8 Å². The molecule has 8 heavy (non-hydrogen) atoms. The van der Waals surface area contributed by atoms with Gasteiger partial charge in [0.05, 0.1) is 15.9 Å². The molecular weight excluding hydrogens is 102 g/mol. The van der Waals surface area contributed by atoms with Crippen molar-refractivity contribution in [2.45, 2.75) is 25.9 Å². The maximum absolute atomic E-state index is 7.55. The molecule has 2 nitrogen and oxygen atoms in total. The minimum Gasteiger partial charge on any atom is -0.378 e. The van der Waals surface area contributed by atoms with E-state index in [1.807, 2.05) is 0 Å². The molecule has 1 aliphatic rings. The summed E-state index contributed by atoms with van der Waals surface area (Å²) in [6.45, 7) is 0.698. The lowest BCUT2D eigenvalue weighted by atomic mass is 10.2. The highest BCUT2D eigenvalue weighted by molar-refractivity contribution is 4.70. The van der Waals surface area contributed by atoms with Crippen LogP contribution in [-0.2, 0) is 4.74 Å². The molecule has 0 aromatic heterocycles. The molecule has 0 aromatic carbocycles. The zero-order valence-corrected chi connectivity index (χ0v) is 5.06. The van der Waals surface area contributed by atoms with E-state index in [1.165, 1.54) is 13.8 Å². The molecule has 0 bridgehead atoms. The molecule has 0 spiro atoms. The van der Waals surface area contributed by atoms with Crippen molar-refractivity contribution in [1.82, 2.24) is 5.32 Å². The Morgan fingerprint density at radius 3 is 2.50 bits per heavy atom. The average molecular weight is 119 g/mol. The Morgan fingerprint density at radius 1 is 1.62 bits per heavy atom. The Hall–Kier alpha value is -0.0800. The third-order valence-electron chi connectivity index (χ3n) is 0.884.